The van der Waals surface area contributed by atoms with E-state index in [1.165, 1.54) is 11.3 Å². The molecule has 0 aliphatic heterocycles. The lowest BCUT2D eigenvalue weighted by atomic mass is 10.4. The molecule has 4 heteroatoms. The van der Waals surface area contributed by atoms with Crippen LogP contribution in [0.25, 0.3) is 0 Å². The maximum absolute atomic E-state index is 8.49. The lowest BCUT2D eigenvalue weighted by molar-refractivity contribution is 0.292. The van der Waals surface area contributed by atoms with E-state index in [9.17, 15) is 0 Å². The SMILES string of the molecule is OCCCNc1ccc(Cl)s1. The van der Waals surface area contributed by atoms with Gasteiger partial charge in [-0.15, -0.1) is 11.3 Å². The Morgan fingerprint density at radius 2 is 2.36 bits per heavy atom. The van der Waals surface area contributed by atoms with Crippen LogP contribution in [0.4, 0.5) is 5.00 Å². The van der Waals surface area contributed by atoms with Gasteiger partial charge in [0.1, 0.15) is 0 Å². The standard InChI is InChI=1S/C7H10ClNOS/c8-6-2-3-7(11-6)9-4-1-5-10/h2-3,9-10H,1,4-5H2. The third kappa shape index (κ3) is 3.10. The van der Waals surface area contributed by atoms with Crippen molar-refractivity contribution in [2.45, 2.75) is 6.42 Å². The minimum atomic E-state index is 0.228. The Kier molecular flexibility index (Phi) is 3.69. The second-order valence-electron chi connectivity index (χ2n) is 2.11. The van der Waals surface area contributed by atoms with Crippen LogP contribution in [0.3, 0.4) is 0 Å². The number of nitrogens with one attached hydrogen (secondary N) is 1. The van der Waals surface area contributed by atoms with E-state index in [2.05, 4.69) is 5.32 Å². The first-order valence-electron chi connectivity index (χ1n) is 3.43. The molecule has 0 spiro atoms. The van der Waals surface area contributed by atoms with Crippen molar-refractivity contribution in [3.8, 4) is 0 Å². The lowest BCUT2D eigenvalue weighted by Crippen LogP contribution is -2.01. The van der Waals surface area contributed by atoms with Gasteiger partial charge >= 0.3 is 0 Å². The van der Waals surface area contributed by atoms with Gasteiger partial charge in [-0.1, -0.05) is 11.6 Å². The van der Waals surface area contributed by atoms with Gasteiger partial charge in [-0.2, -0.15) is 0 Å². The summed E-state index contributed by atoms with van der Waals surface area (Å²) < 4.78 is 0.788. The molecular weight excluding hydrogens is 182 g/mol. The maximum atomic E-state index is 8.49. The molecule has 0 saturated heterocycles. The highest BCUT2D eigenvalue weighted by Crippen LogP contribution is 2.25. The minimum Gasteiger partial charge on any atom is -0.396 e. The Labute approximate surface area is 74.8 Å². The Hall–Kier alpha value is -0.250. The third-order valence-corrected chi connectivity index (χ3v) is 2.40. The summed E-state index contributed by atoms with van der Waals surface area (Å²) in [6, 6.07) is 3.79. The first kappa shape index (κ1) is 8.84. The third-order valence-electron chi connectivity index (χ3n) is 1.21. The number of hydrogen-bond donors (Lipinski definition) is 2. The van der Waals surface area contributed by atoms with Crippen LogP contribution in [0.15, 0.2) is 12.1 Å². The van der Waals surface area contributed by atoms with E-state index in [1.54, 1.807) is 0 Å². The van der Waals surface area contributed by atoms with E-state index in [0.29, 0.717) is 0 Å². The van der Waals surface area contributed by atoms with Crippen molar-refractivity contribution < 1.29 is 5.11 Å². The average Bonchev–Trinajstić information content (AvgIpc) is 2.37. The molecule has 1 rings (SSSR count). The van der Waals surface area contributed by atoms with Crippen molar-refractivity contribution in [2.75, 3.05) is 18.5 Å². The van der Waals surface area contributed by atoms with Crippen LogP contribution in [0, 0.1) is 0 Å². The number of rotatable bonds is 4. The Bertz CT molecular complexity index is 214. The van der Waals surface area contributed by atoms with Gasteiger partial charge in [0.05, 0.1) is 9.34 Å². The first-order valence-corrected chi connectivity index (χ1v) is 4.62. The Balaban J connectivity index is 2.27. The van der Waals surface area contributed by atoms with E-state index in [-0.39, 0.29) is 6.61 Å². The van der Waals surface area contributed by atoms with Crippen molar-refractivity contribution in [1.82, 2.24) is 0 Å². The van der Waals surface area contributed by atoms with Crippen LogP contribution in [0.1, 0.15) is 6.42 Å². The normalized spacial score (nSPS) is 10.0. The summed E-state index contributed by atoms with van der Waals surface area (Å²) in [5.41, 5.74) is 0. The molecule has 0 aromatic carbocycles. The fourth-order valence-corrected chi connectivity index (χ4v) is 1.67. The molecule has 0 amide bonds. The highest BCUT2D eigenvalue weighted by molar-refractivity contribution is 7.19. The fourth-order valence-electron chi connectivity index (χ4n) is 0.700. The molecular formula is C7H10ClNOS. The van der Waals surface area contributed by atoms with Crippen LogP contribution in [0.2, 0.25) is 4.34 Å². The van der Waals surface area contributed by atoms with Crippen LogP contribution < -0.4 is 5.32 Å². The number of aliphatic hydroxyl groups is 1. The van der Waals surface area contributed by atoms with E-state index in [0.717, 1.165) is 22.3 Å². The highest BCUT2D eigenvalue weighted by Gasteiger charge is 1.94. The molecule has 0 saturated carbocycles. The summed E-state index contributed by atoms with van der Waals surface area (Å²) in [5.74, 6) is 0. The second kappa shape index (κ2) is 4.59. The highest BCUT2D eigenvalue weighted by atomic mass is 35.5. The summed E-state index contributed by atoms with van der Waals surface area (Å²) >= 11 is 7.21. The lowest BCUT2D eigenvalue weighted by Gasteiger charge is -1.99. The Morgan fingerprint density at radius 3 is 2.91 bits per heavy atom. The maximum Gasteiger partial charge on any atom is 0.0950 e. The van der Waals surface area contributed by atoms with Crippen molar-refractivity contribution in [3.63, 3.8) is 0 Å². The number of thiophene rings is 1. The van der Waals surface area contributed by atoms with Crippen LogP contribution in [-0.4, -0.2) is 18.3 Å². The summed E-state index contributed by atoms with van der Waals surface area (Å²) in [4.78, 5) is 0. The predicted octanol–water partition coefficient (Wildman–Crippen LogP) is 2.20. The van der Waals surface area contributed by atoms with Gasteiger partial charge in [-0.25, -0.2) is 0 Å². The minimum absolute atomic E-state index is 0.228. The molecule has 0 atom stereocenters. The first-order chi connectivity index (χ1) is 5.33. The molecule has 2 nitrogen and oxygen atoms in total. The van der Waals surface area contributed by atoms with Gasteiger partial charge in [0.25, 0.3) is 0 Å². The van der Waals surface area contributed by atoms with E-state index < -0.39 is 0 Å². The fraction of sp³-hybridized carbons (Fsp3) is 0.429. The van der Waals surface area contributed by atoms with E-state index in [4.69, 9.17) is 16.7 Å². The molecule has 2 N–H and O–H groups in total. The summed E-state index contributed by atoms with van der Waals surface area (Å²) in [6.45, 7) is 1.03. The molecule has 0 bridgehead atoms. The molecule has 1 aromatic rings. The largest absolute Gasteiger partial charge is 0.396 e. The molecule has 1 heterocycles. The van der Waals surface area contributed by atoms with Crippen molar-refractivity contribution in [2.24, 2.45) is 0 Å². The molecule has 0 aliphatic carbocycles. The van der Waals surface area contributed by atoms with Gasteiger partial charge in [0.15, 0.2) is 0 Å². The smallest absolute Gasteiger partial charge is 0.0950 e. The van der Waals surface area contributed by atoms with Gasteiger partial charge in [0.2, 0.25) is 0 Å². The topological polar surface area (TPSA) is 32.3 Å². The summed E-state index contributed by atoms with van der Waals surface area (Å²) in [6.07, 6.45) is 0.773. The average molecular weight is 192 g/mol. The summed E-state index contributed by atoms with van der Waals surface area (Å²) in [7, 11) is 0. The second-order valence-corrected chi connectivity index (χ2v) is 3.82. The zero-order valence-corrected chi connectivity index (χ0v) is 7.58. The zero-order chi connectivity index (χ0) is 8.10. The van der Waals surface area contributed by atoms with Gasteiger partial charge in [0, 0.05) is 13.2 Å². The number of hydrogen-bond acceptors (Lipinski definition) is 3. The quantitative estimate of drug-likeness (QED) is 0.716. The number of aliphatic hydroxyl groups excluding tert-OH is 1. The molecule has 0 fully saturated rings. The predicted molar refractivity (Wildman–Crippen MR) is 49.5 cm³/mol. The molecule has 1 aromatic heterocycles. The molecule has 62 valence electrons. The van der Waals surface area contributed by atoms with Gasteiger partial charge in [-0.3, -0.25) is 0 Å². The molecule has 0 unspecified atom stereocenters. The molecule has 0 radical (unpaired) electrons. The van der Waals surface area contributed by atoms with Crippen molar-refractivity contribution in [3.05, 3.63) is 16.5 Å². The van der Waals surface area contributed by atoms with Crippen LogP contribution >= 0.6 is 22.9 Å². The van der Waals surface area contributed by atoms with E-state index in [1.807, 2.05) is 12.1 Å². The number of anilines is 1. The monoisotopic (exact) mass is 191 g/mol. The van der Waals surface area contributed by atoms with Crippen molar-refractivity contribution >= 4 is 27.9 Å². The number of halogens is 1. The van der Waals surface area contributed by atoms with Gasteiger partial charge < -0.3 is 10.4 Å². The Morgan fingerprint density at radius 1 is 1.55 bits per heavy atom. The molecule has 11 heavy (non-hydrogen) atoms. The molecule has 0 aliphatic rings. The van der Waals surface area contributed by atoms with E-state index >= 15 is 0 Å². The summed E-state index contributed by atoms with van der Waals surface area (Å²) in [5, 5.41) is 12.7. The van der Waals surface area contributed by atoms with Crippen LogP contribution in [0.5, 0.6) is 0 Å². The van der Waals surface area contributed by atoms with Gasteiger partial charge in [-0.05, 0) is 18.6 Å². The zero-order valence-electron chi connectivity index (χ0n) is 6.01. The van der Waals surface area contributed by atoms with Crippen LogP contribution in [-0.2, 0) is 0 Å². The van der Waals surface area contributed by atoms with Crippen molar-refractivity contribution in [1.29, 1.82) is 0 Å².